The van der Waals surface area contributed by atoms with Gasteiger partial charge in [-0.1, -0.05) is 82.1 Å². The number of unbranched alkanes of at least 4 members (excludes halogenated alkanes) is 4. The lowest BCUT2D eigenvalue weighted by Crippen LogP contribution is -2.58. The Bertz CT molecular complexity index is 2840. The van der Waals surface area contributed by atoms with Gasteiger partial charge in [-0.25, -0.2) is 15.0 Å². The molecule has 4 fully saturated rings. The fourth-order valence-corrected chi connectivity index (χ4v) is 12.8. The van der Waals surface area contributed by atoms with Gasteiger partial charge >= 0.3 is 0 Å². The van der Waals surface area contributed by atoms with E-state index < -0.39 is 35.4 Å². The molecule has 18 nitrogen and oxygen atoms in total. The largest absolute Gasteiger partial charge is 0.391 e. The van der Waals surface area contributed by atoms with Crippen LogP contribution in [0.4, 0.5) is 17.3 Å². The van der Waals surface area contributed by atoms with Crippen molar-refractivity contribution in [2.45, 2.75) is 139 Å². The van der Waals surface area contributed by atoms with E-state index in [0.717, 1.165) is 140 Å². The molecule has 4 aliphatic heterocycles. The summed E-state index contributed by atoms with van der Waals surface area (Å²) in [7, 11) is 0. The monoisotopic (exact) mass is 1100 g/mol. The average molecular weight is 1100 g/mol. The number of thiazole rings is 1. The van der Waals surface area contributed by atoms with Crippen LogP contribution < -0.4 is 31.5 Å². The molecule has 0 aliphatic carbocycles. The Morgan fingerprint density at radius 2 is 1.58 bits per heavy atom. The molecule has 20 heteroatoms. The second-order valence-corrected chi connectivity index (χ2v) is 25.2. The average Bonchev–Trinajstić information content (AvgIpc) is 4.30. The summed E-state index contributed by atoms with van der Waals surface area (Å²) in [5, 5.41) is 29.4. The first-order chi connectivity index (χ1) is 37.4. The van der Waals surface area contributed by atoms with Crippen LogP contribution >= 0.6 is 23.1 Å². The highest BCUT2D eigenvalue weighted by Crippen LogP contribution is 2.35. The van der Waals surface area contributed by atoms with E-state index in [1.165, 1.54) is 16.7 Å². The summed E-state index contributed by atoms with van der Waals surface area (Å²) in [6, 6.07) is 17.1. The number of fused-ring (bicyclic) bond motifs is 1. The number of carbonyl (C=O) groups is 4. The molecule has 6 atom stereocenters. The van der Waals surface area contributed by atoms with E-state index in [1.807, 2.05) is 107 Å². The molecule has 4 saturated heterocycles. The maximum atomic E-state index is 14.3. The lowest BCUT2D eigenvalue weighted by atomic mass is 9.85. The molecule has 2 aromatic carbocycles. The van der Waals surface area contributed by atoms with Crippen molar-refractivity contribution in [1.82, 2.24) is 45.6 Å². The Morgan fingerprint density at radius 3 is 2.24 bits per heavy atom. The summed E-state index contributed by atoms with van der Waals surface area (Å²) in [6.45, 7) is 18.2. The van der Waals surface area contributed by atoms with Crippen molar-refractivity contribution in [2.24, 2.45) is 23.0 Å². The van der Waals surface area contributed by atoms with E-state index >= 15 is 0 Å². The molecule has 0 saturated carbocycles. The molecule has 9 rings (SSSR count). The van der Waals surface area contributed by atoms with Crippen LogP contribution in [0.3, 0.4) is 0 Å². The topological polar surface area (TPSA) is 228 Å². The highest BCUT2D eigenvalue weighted by molar-refractivity contribution is 7.99. The number of carbonyl (C=O) groups excluding carboxylic acids is 4. The normalized spacial score (nSPS) is 21.1. The summed E-state index contributed by atoms with van der Waals surface area (Å²) in [5.41, 5.74) is 11.1. The first-order valence-electron chi connectivity index (χ1n) is 27.7. The number of amides is 4. The third-order valence-electron chi connectivity index (χ3n) is 15.9. The predicted molar refractivity (Wildman–Crippen MR) is 306 cm³/mol. The summed E-state index contributed by atoms with van der Waals surface area (Å²) in [4.78, 5) is 78.9. The Hall–Kier alpha value is -6.06. The minimum absolute atomic E-state index is 0.0217. The third kappa shape index (κ3) is 14.4. The summed E-state index contributed by atoms with van der Waals surface area (Å²) in [6.07, 6.45) is 10.5. The molecule has 78 heavy (non-hydrogen) atoms. The molecular formula is C58H77N13O5S2. The third-order valence-corrected chi connectivity index (χ3v) is 17.7. The molecule has 0 spiro atoms. The number of nitrogens with zero attached hydrogens (tertiary/aromatic N) is 9. The van der Waals surface area contributed by atoms with E-state index in [0.29, 0.717) is 18.3 Å². The fourth-order valence-electron chi connectivity index (χ4n) is 11.2. The van der Waals surface area contributed by atoms with Gasteiger partial charge in [-0.3, -0.25) is 19.2 Å². The minimum Gasteiger partial charge on any atom is -0.391 e. The Morgan fingerprint density at radius 1 is 0.846 bits per heavy atom. The molecular weight excluding hydrogens is 1020 g/mol. The van der Waals surface area contributed by atoms with Gasteiger partial charge in [-0.05, 0) is 112 Å². The van der Waals surface area contributed by atoms with Gasteiger partial charge in [-0.2, -0.15) is 0 Å². The minimum atomic E-state index is -1.01. The second kappa shape index (κ2) is 24.9. The highest BCUT2D eigenvalue weighted by Gasteiger charge is 2.45. The fraction of sp³-hybridized carbons (Fsp3) is 0.534. The summed E-state index contributed by atoms with van der Waals surface area (Å²) < 4.78 is 0. The number of anilines is 3. The second-order valence-electron chi connectivity index (χ2n) is 23.3. The number of aryl methyl sites for hydroxylation is 1. The van der Waals surface area contributed by atoms with Gasteiger partial charge in [-0.15, -0.1) is 21.5 Å². The smallest absolute Gasteiger partial charge is 0.272 e. The number of nitrogens with one attached hydrogen (secondary N) is 3. The van der Waals surface area contributed by atoms with Crippen molar-refractivity contribution in [3.63, 3.8) is 0 Å². The maximum Gasteiger partial charge on any atom is 0.272 e. The number of rotatable bonds is 20. The van der Waals surface area contributed by atoms with Crippen molar-refractivity contribution in [3.05, 3.63) is 95.5 Å². The zero-order valence-electron chi connectivity index (χ0n) is 46.0. The number of hydrogen-bond acceptors (Lipinski definition) is 16. The molecule has 2 unspecified atom stereocenters. The van der Waals surface area contributed by atoms with Gasteiger partial charge in [0, 0.05) is 74.8 Å². The van der Waals surface area contributed by atoms with Crippen molar-refractivity contribution < 1.29 is 24.3 Å². The zero-order valence-corrected chi connectivity index (χ0v) is 47.6. The van der Waals surface area contributed by atoms with Crippen molar-refractivity contribution in [3.8, 4) is 10.4 Å². The molecule has 416 valence electrons. The predicted octanol–water partition coefficient (Wildman–Crippen LogP) is 7.50. The molecule has 3 aromatic heterocycles. The lowest BCUT2D eigenvalue weighted by Gasteiger charge is -2.37. The standard InChI is InChI=1S/C58H77N13O5S2/c1-37(39-16-18-40(19-17-39)52-38(2)62-36-77-52)63-55(75)47-28-44(72)35-71(47)56(76)53(57(3,4)5)65-54(74)46-20-21-48(67-66-46)70-33-41-31-68(32-42(41)34-70)24-11-9-7-8-10-15-50(73)64-43-13-12-14-45(27-43)78-51-30-60-49(29-61-51)69-25-22-58(6,59)23-26-69/h12-14,16-21,27,29-30,36-37,41-42,44,47,53,72H,7-11,15,22-26,28,31-35,59H2,1-6H3,(H,63,75)(H,64,73)(H,65,74)/t37-,41?,42?,44+,47-,53+/m0/s1. The van der Waals surface area contributed by atoms with Crippen LogP contribution in [0, 0.1) is 24.2 Å². The van der Waals surface area contributed by atoms with Crippen molar-refractivity contribution >= 4 is 64.1 Å². The van der Waals surface area contributed by atoms with E-state index in [1.54, 1.807) is 17.4 Å². The van der Waals surface area contributed by atoms with Crippen molar-refractivity contribution in [1.29, 1.82) is 0 Å². The van der Waals surface area contributed by atoms with Crippen LogP contribution in [0.15, 0.2) is 88.5 Å². The number of β-amino-alcohol motifs (C(OH)–C–C–N with tert-alkyl or cyclic N) is 1. The quantitative estimate of drug-likeness (QED) is 0.0476. The van der Waals surface area contributed by atoms with Gasteiger partial charge in [0.25, 0.3) is 5.91 Å². The van der Waals surface area contributed by atoms with E-state index in [9.17, 15) is 24.3 Å². The van der Waals surface area contributed by atoms with Crippen LogP contribution in [0.25, 0.3) is 10.4 Å². The molecule has 4 amide bonds. The number of nitrogens with two attached hydrogens (primary N) is 1. The number of aromatic nitrogens is 5. The lowest BCUT2D eigenvalue weighted by molar-refractivity contribution is -0.142. The Labute approximate surface area is 467 Å². The molecule has 7 heterocycles. The highest BCUT2D eigenvalue weighted by atomic mass is 32.2. The van der Waals surface area contributed by atoms with E-state index in [2.05, 4.69) is 62.7 Å². The van der Waals surface area contributed by atoms with Crippen LogP contribution in [0.2, 0.25) is 0 Å². The van der Waals surface area contributed by atoms with Gasteiger partial charge in [0.1, 0.15) is 22.9 Å². The maximum absolute atomic E-state index is 14.3. The molecule has 0 radical (unpaired) electrons. The Kier molecular flexibility index (Phi) is 18.1. The summed E-state index contributed by atoms with van der Waals surface area (Å²) in [5.74, 6) is 1.35. The van der Waals surface area contributed by atoms with Gasteiger partial charge < -0.3 is 46.4 Å². The van der Waals surface area contributed by atoms with E-state index in [-0.39, 0.29) is 42.1 Å². The van der Waals surface area contributed by atoms with Crippen molar-refractivity contribution in [2.75, 3.05) is 67.5 Å². The molecule has 5 aromatic rings. The number of piperidine rings is 1. The molecule has 4 aliphatic rings. The summed E-state index contributed by atoms with van der Waals surface area (Å²) >= 11 is 3.11. The van der Waals surface area contributed by atoms with Crippen LogP contribution in [-0.2, 0) is 14.4 Å². The van der Waals surface area contributed by atoms with Crippen LogP contribution in [-0.4, -0.2) is 140 Å². The van der Waals surface area contributed by atoms with Gasteiger partial charge in [0.05, 0.1) is 40.6 Å². The van der Waals surface area contributed by atoms with Gasteiger partial charge in [0.2, 0.25) is 17.7 Å². The zero-order chi connectivity index (χ0) is 55.1. The SMILES string of the molecule is Cc1ncsc1-c1ccc([C@H](C)NC(=O)[C@@H]2C[C@@H](O)CN2C(=O)[C@@H](NC(=O)c2ccc(N3CC4CN(CCCCCCCC(=O)Nc5cccc(Sc6cnc(N7CCC(C)(N)CC7)cn6)c5)CC4C3)nn2)C(C)(C)C)cc1. The Balaban J connectivity index is 0.660. The van der Waals surface area contributed by atoms with Crippen LogP contribution in [0.5, 0.6) is 0 Å². The van der Waals surface area contributed by atoms with Crippen LogP contribution in [0.1, 0.15) is 120 Å². The number of aliphatic hydroxyl groups is 1. The number of benzene rings is 2. The number of hydrogen-bond donors (Lipinski definition) is 5. The molecule has 6 N–H and O–H groups in total. The van der Waals surface area contributed by atoms with E-state index in [4.69, 9.17) is 5.73 Å². The number of likely N-dealkylation sites (tertiary alicyclic amines) is 2. The first kappa shape index (κ1) is 56.7. The molecule has 0 bridgehead atoms. The number of aliphatic hydroxyl groups excluding tert-OH is 1. The van der Waals surface area contributed by atoms with Gasteiger partial charge in [0.15, 0.2) is 11.5 Å². The first-order valence-corrected chi connectivity index (χ1v) is 29.4.